The van der Waals surface area contributed by atoms with Crippen LogP contribution >= 0.6 is 0 Å². The minimum Gasteiger partial charge on any atom is -0.350 e. The maximum atomic E-state index is 2.65. The number of aromatic nitrogens is 1. The van der Waals surface area contributed by atoms with Gasteiger partial charge in [0.05, 0.1) is 6.04 Å². The minimum absolute atomic E-state index is 0.200. The van der Waals surface area contributed by atoms with Crippen LogP contribution in [0.2, 0.25) is 0 Å². The largest absolute Gasteiger partial charge is 0.350 e. The summed E-state index contributed by atoms with van der Waals surface area (Å²) in [6.07, 6.45) is 3.42. The highest BCUT2D eigenvalue weighted by Gasteiger charge is 2.27. The highest BCUT2D eigenvalue weighted by atomic mass is 15.2. The van der Waals surface area contributed by atoms with Gasteiger partial charge in [-0.05, 0) is 47.6 Å². The molecule has 1 aliphatic rings. The maximum absolute atomic E-state index is 2.65. The molecule has 28 heavy (non-hydrogen) atoms. The topological polar surface area (TPSA) is 8.17 Å². The van der Waals surface area contributed by atoms with E-state index in [1.54, 1.807) is 0 Å². The number of hydrogen-bond donors (Lipinski definition) is 0. The molecule has 0 aliphatic carbocycles. The fourth-order valence-corrected chi connectivity index (χ4v) is 4.38. The molecule has 146 valence electrons. The van der Waals surface area contributed by atoms with E-state index in [2.05, 4.69) is 104 Å². The van der Waals surface area contributed by atoms with Crippen molar-refractivity contribution in [2.45, 2.75) is 58.7 Å². The Morgan fingerprint density at radius 3 is 2.43 bits per heavy atom. The predicted molar refractivity (Wildman–Crippen MR) is 118 cm³/mol. The van der Waals surface area contributed by atoms with Gasteiger partial charge < -0.3 is 4.57 Å². The Balaban J connectivity index is 1.68. The summed E-state index contributed by atoms with van der Waals surface area (Å²) in [6, 6.07) is 23.1. The summed E-state index contributed by atoms with van der Waals surface area (Å²) in [5.74, 6) is 0. The highest BCUT2D eigenvalue weighted by molar-refractivity contribution is 5.33. The lowest BCUT2D eigenvalue weighted by Gasteiger charge is -2.31. The second kappa shape index (κ2) is 7.60. The number of hydrogen-bond acceptors (Lipinski definition) is 1. The Morgan fingerprint density at radius 2 is 1.71 bits per heavy atom. The molecular formula is C26H32N2. The van der Waals surface area contributed by atoms with E-state index in [9.17, 15) is 0 Å². The Hall–Kier alpha value is -2.32. The summed E-state index contributed by atoms with van der Waals surface area (Å²) < 4.78 is 2.44. The van der Waals surface area contributed by atoms with E-state index >= 15 is 0 Å². The SMILES string of the molecule is Cc1cccc([C@H]2c3cccn3CCCN2Cc2ccc(C(C)(C)C)cc2)c1. The van der Waals surface area contributed by atoms with Crippen molar-refractivity contribution in [1.82, 2.24) is 9.47 Å². The van der Waals surface area contributed by atoms with Gasteiger partial charge in [-0.25, -0.2) is 0 Å². The molecule has 0 fully saturated rings. The van der Waals surface area contributed by atoms with Gasteiger partial charge in [-0.15, -0.1) is 0 Å². The van der Waals surface area contributed by atoms with Crippen molar-refractivity contribution in [3.05, 3.63) is 94.8 Å². The normalized spacial score (nSPS) is 17.9. The lowest BCUT2D eigenvalue weighted by atomic mass is 9.86. The zero-order valence-electron chi connectivity index (χ0n) is 17.7. The molecule has 0 amide bonds. The predicted octanol–water partition coefficient (Wildman–Crippen LogP) is 6.09. The molecule has 2 heteroatoms. The fraction of sp³-hybridized carbons (Fsp3) is 0.385. The van der Waals surface area contributed by atoms with E-state index in [1.807, 2.05) is 0 Å². The van der Waals surface area contributed by atoms with Crippen molar-refractivity contribution >= 4 is 0 Å². The molecule has 1 atom stereocenters. The maximum Gasteiger partial charge on any atom is 0.0759 e. The molecule has 3 aromatic rings. The van der Waals surface area contributed by atoms with Crippen LogP contribution in [0.1, 0.15) is 61.2 Å². The smallest absolute Gasteiger partial charge is 0.0759 e. The molecule has 0 unspecified atom stereocenters. The highest BCUT2D eigenvalue weighted by Crippen LogP contribution is 2.33. The van der Waals surface area contributed by atoms with Crippen LogP contribution in [0.5, 0.6) is 0 Å². The van der Waals surface area contributed by atoms with E-state index < -0.39 is 0 Å². The monoisotopic (exact) mass is 372 g/mol. The zero-order chi connectivity index (χ0) is 19.7. The van der Waals surface area contributed by atoms with Crippen LogP contribution in [-0.2, 0) is 18.5 Å². The van der Waals surface area contributed by atoms with Gasteiger partial charge in [-0.2, -0.15) is 0 Å². The first-order valence-corrected chi connectivity index (χ1v) is 10.5. The summed E-state index contributed by atoms with van der Waals surface area (Å²) in [4.78, 5) is 2.65. The van der Waals surface area contributed by atoms with Gasteiger partial charge in [0.25, 0.3) is 0 Å². The lowest BCUT2D eigenvalue weighted by Crippen LogP contribution is -2.29. The molecule has 0 bridgehead atoms. The van der Waals surface area contributed by atoms with Crippen molar-refractivity contribution < 1.29 is 0 Å². The Morgan fingerprint density at radius 1 is 0.929 bits per heavy atom. The van der Waals surface area contributed by atoms with Crippen molar-refractivity contribution in [2.75, 3.05) is 6.54 Å². The summed E-state index contributed by atoms with van der Waals surface area (Å²) >= 11 is 0. The van der Waals surface area contributed by atoms with E-state index in [-0.39, 0.29) is 5.41 Å². The first kappa shape index (κ1) is 19.0. The first-order valence-electron chi connectivity index (χ1n) is 10.5. The molecule has 2 nitrogen and oxygen atoms in total. The third-order valence-electron chi connectivity index (χ3n) is 5.92. The van der Waals surface area contributed by atoms with Crippen LogP contribution in [0, 0.1) is 6.92 Å². The van der Waals surface area contributed by atoms with Gasteiger partial charge in [-0.1, -0.05) is 74.9 Å². The van der Waals surface area contributed by atoms with Crippen molar-refractivity contribution in [3.63, 3.8) is 0 Å². The Bertz CT molecular complexity index is 928. The standard InChI is InChI=1S/C26H32N2/c1-20-8-5-9-22(18-20)25-24-10-6-15-27(24)16-7-17-28(25)19-21-11-13-23(14-12-21)26(2,3)4/h5-6,8-15,18,25H,7,16-17,19H2,1-4H3/t25-/m0/s1. The van der Waals surface area contributed by atoms with E-state index in [0.717, 1.165) is 19.6 Å². The third kappa shape index (κ3) is 3.93. The number of rotatable bonds is 3. The quantitative estimate of drug-likeness (QED) is 0.540. The summed E-state index contributed by atoms with van der Waals surface area (Å²) in [7, 11) is 0. The number of fused-ring (bicyclic) bond motifs is 1. The van der Waals surface area contributed by atoms with Crippen LogP contribution in [-0.4, -0.2) is 16.0 Å². The minimum atomic E-state index is 0.200. The molecule has 4 rings (SSSR count). The summed E-state index contributed by atoms with van der Waals surface area (Å²) in [5, 5.41) is 0. The van der Waals surface area contributed by atoms with Crippen molar-refractivity contribution in [2.24, 2.45) is 0 Å². The lowest BCUT2D eigenvalue weighted by molar-refractivity contribution is 0.220. The molecule has 0 radical (unpaired) electrons. The summed E-state index contributed by atoms with van der Waals surface area (Å²) in [6.45, 7) is 12.2. The molecule has 0 spiro atoms. The van der Waals surface area contributed by atoms with Gasteiger partial charge in [-0.3, -0.25) is 4.90 Å². The molecule has 0 saturated heterocycles. The average Bonchev–Trinajstić information content (AvgIpc) is 3.03. The third-order valence-corrected chi connectivity index (χ3v) is 5.92. The fourth-order valence-electron chi connectivity index (χ4n) is 4.38. The molecule has 0 N–H and O–H groups in total. The molecule has 2 aromatic carbocycles. The summed E-state index contributed by atoms with van der Waals surface area (Å²) in [5.41, 5.74) is 7.13. The molecule has 0 saturated carbocycles. The Kier molecular flexibility index (Phi) is 5.16. The number of nitrogens with zero attached hydrogens (tertiary/aromatic N) is 2. The number of benzene rings is 2. The zero-order valence-corrected chi connectivity index (χ0v) is 17.7. The first-order chi connectivity index (χ1) is 13.4. The number of aryl methyl sites for hydroxylation is 2. The van der Waals surface area contributed by atoms with Crippen LogP contribution in [0.25, 0.3) is 0 Å². The second-order valence-electron chi connectivity index (χ2n) is 9.21. The molecule has 1 aromatic heterocycles. The van der Waals surface area contributed by atoms with Gasteiger partial charge in [0.1, 0.15) is 0 Å². The van der Waals surface area contributed by atoms with Crippen molar-refractivity contribution in [1.29, 1.82) is 0 Å². The van der Waals surface area contributed by atoms with Gasteiger partial charge in [0.15, 0.2) is 0 Å². The van der Waals surface area contributed by atoms with Crippen LogP contribution in [0.3, 0.4) is 0 Å². The van der Waals surface area contributed by atoms with E-state index in [4.69, 9.17) is 0 Å². The molecule has 1 aliphatic heterocycles. The van der Waals surface area contributed by atoms with E-state index in [0.29, 0.717) is 6.04 Å². The Labute approximate surface area is 169 Å². The second-order valence-corrected chi connectivity index (χ2v) is 9.21. The molecule has 2 heterocycles. The van der Waals surface area contributed by atoms with Gasteiger partial charge >= 0.3 is 0 Å². The van der Waals surface area contributed by atoms with Crippen LogP contribution in [0.15, 0.2) is 66.9 Å². The van der Waals surface area contributed by atoms with Crippen molar-refractivity contribution in [3.8, 4) is 0 Å². The van der Waals surface area contributed by atoms with Gasteiger partial charge in [0, 0.05) is 31.5 Å². The average molecular weight is 373 g/mol. The molecular weight excluding hydrogens is 340 g/mol. The van der Waals surface area contributed by atoms with Gasteiger partial charge in [0.2, 0.25) is 0 Å². The van der Waals surface area contributed by atoms with Crippen LogP contribution in [0.4, 0.5) is 0 Å². The van der Waals surface area contributed by atoms with E-state index in [1.165, 1.54) is 34.4 Å². The van der Waals surface area contributed by atoms with Crippen LogP contribution < -0.4 is 0 Å².